The van der Waals surface area contributed by atoms with Crippen LogP contribution in [0.2, 0.25) is 0 Å². The van der Waals surface area contributed by atoms with Crippen LogP contribution in [0.4, 0.5) is 0 Å². The Balaban J connectivity index is 2.19. The highest BCUT2D eigenvalue weighted by atomic mass is 32.2. The molecule has 0 spiro atoms. The van der Waals surface area contributed by atoms with E-state index in [0.29, 0.717) is 6.61 Å². The van der Waals surface area contributed by atoms with E-state index in [1.54, 1.807) is 0 Å². The molecular weight excluding hydrogens is 142 g/mol. The lowest BCUT2D eigenvalue weighted by atomic mass is 10.3. The number of hydrogen-bond acceptors (Lipinski definition) is 3. The Hall–Kier alpha value is 0.0300. The predicted molar refractivity (Wildman–Crippen MR) is 31.0 cm³/mol. The normalized spacial score (nSPS) is 30.6. The molecule has 1 saturated heterocycles. The van der Waals surface area contributed by atoms with Crippen LogP contribution in [0.3, 0.4) is 0 Å². The van der Waals surface area contributed by atoms with Gasteiger partial charge in [-0.05, 0) is 12.8 Å². The number of nitrogens with one attached hydrogen (secondary N) is 1. The third kappa shape index (κ3) is 2.40. The fraction of sp³-hybridized carbons (Fsp3) is 1.00. The van der Waals surface area contributed by atoms with Gasteiger partial charge in [-0.25, -0.2) is 4.72 Å². The molecule has 0 bridgehead atoms. The molecule has 2 atom stereocenters. The van der Waals surface area contributed by atoms with Crippen LogP contribution < -0.4 is 4.72 Å². The first-order chi connectivity index (χ1) is 4.29. The summed E-state index contributed by atoms with van der Waals surface area (Å²) in [7, 11) is 0. The van der Waals surface area contributed by atoms with E-state index in [1.807, 2.05) is 0 Å². The van der Waals surface area contributed by atoms with Crippen LogP contribution in [0.5, 0.6) is 0 Å². The summed E-state index contributed by atoms with van der Waals surface area (Å²) >= 11 is -2.18. The van der Waals surface area contributed by atoms with Gasteiger partial charge >= 0.3 is 0 Å². The molecule has 1 aliphatic rings. The molecule has 0 aromatic carbocycles. The summed E-state index contributed by atoms with van der Waals surface area (Å²) in [4.78, 5) is 0. The summed E-state index contributed by atoms with van der Waals surface area (Å²) in [6.07, 6.45) is 1.45. The Morgan fingerprint density at radius 3 is 3.00 bits per heavy atom. The average Bonchev–Trinajstić information content (AvgIpc) is 2.15. The van der Waals surface area contributed by atoms with E-state index in [4.69, 9.17) is 4.74 Å². The molecule has 9 heavy (non-hydrogen) atoms. The largest absolute Gasteiger partial charge is 0.760 e. The molecule has 0 amide bonds. The first-order valence-corrected chi connectivity index (χ1v) is 3.83. The van der Waals surface area contributed by atoms with Gasteiger partial charge in [0.1, 0.15) is 6.23 Å². The zero-order chi connectivity index (χ0) is 6.69. The van der Waals surface area contributed by atoms with Gasteiger partial charge in [0, 0.05) is 17.9 Å². The van der Waals surface area contributed by atoms with E-state index in [-0.39, 0.29) is 6.23 Å². The molecule has 0 aliphatic carbocycles. The van der Waals surface area contributed by atoms with Gasteiger partial charge in [0.25, 0.3) is 0 Å². The molecule has 1 N–H and O–H groups in total. The van der Waals surface area contributed by atoms with E-state index in [0.717, 1.165) is 12.8 Å². The molecule has 1 rings (SSSR count). The van der Waals surface area contributed by atoms with Gasteiger partial charge in [-0.1, -0.05) is 0 Å². The topological polar surface area (TPSA) is 61.4 Å². The van der Waals surface area contributed by atoms with Crippen molar-refractivity contribution in [3.05, 3.63) is 0 Å². The highest BCUT2D eigenvalue weighted by Gasteiger charge is 2.13. The minimum atomic E-state index is -2.18. The van der Waals surface area contributed by atoms with E-state index >= 15 is 0 Å². The maximum Gasteiger partial charge on any atom is 0.118 e. The monoisotopic (exact) mass is 150 g/mol. The fourth-order valence-corrected chi connectivity index (χ4v) is 1.18. The van der Waals surface area contributed by atoms with Crippen molar-refractivity contribution in [3.8, 4) is 0 Å². The summed E-state index contributed by atoms with van der Waals surface area (Å²) in [5, 5.41) is 0. The van der Waals surface area contributed by atoms with Gasteiger partial charge in [0.05, 0.1) is 0 Å². The molecule has 0 aromatic rings. The standard InChI is InChI=1S/C4H9NO3S/c6-9(7)5-4-2-1-3-8-4/h4-5H,1-3H2,(H,6,7)/p-1. The lowest BCUT2D eigenvalue weighted by molar-refractivity contribution is 0.102. The Morgan fingerprint density at radius 2 is 2.56 bits per heavy atom. The van der Waals surface area contributed by atoms with Gasteiger partial charge in [0.15, 0.2) is 0 Å². The molecule has 1 fully saturated rings. The molecule has 1 aliphatic heterocycles. The van der Waals surface area contributed by atoms with Crippen molar-refractivity contribution in [3.63, 3.8) is 0 Å². The molecule has 54 valence electrons. The maximum absolute atomic E-state index is 9.96. The molecular formula is C4H8NO3S-. The average molecular weight is 150 g/mol. The van der Waals surface area contributed by atoms with Crippen LogP contribution in [-0.4, -0.2) is 21.6 Å². The Labute approximate surface area is 56.0 Å². The van der Waals surface area contributed by atoms with Crippen LogP contribution >= 0.6 is 0 Å². The highest BCUT2D eigenvalue weighted by molar-refractivity contribution is 7.77. The minimum Gasteiger partial charge on any atom is -0.760 e. The Bertz CT molecular complexity index is 112. The van der Waals surface area contributed by atoms with Gasteiger partial charge in [-0.3, -0.25) is 4.21 Å². The summed E-state index contributed by atoms with van der Waals surface area (Å²) in [6, 6.07) is 0. The van der Waals surface area contributed by atoms with Crippen LogP contribution in [0.15, 0.2) is 0 Å². The van der Waals surface area contributed by atoms with Crippen molar-refractivity contribution < 1.29 is 13.5 Å². The Kier molecular flexibility index (Phi) is 2.59. The van der Waals surface area contributed by atoms with Gasteiger partial charge in [-0.15, -0.1) is 0 Å². The van der Waals surface area contributed by atoms with Crippen molar-refractivity contribution in [1.29, 1.82) is 0 Å². The smallest absolute Gasteiger partial charge is 0.118 e. The van der Waals surface area contributed by atoms with E-state index < -0.39 is 11.3 Å². The summed E-state index contributed by atoms with van der Waals surface area (Å²) < 4.78 is 27.1. The first kappa shape index (κ1) is 7.14. The van der Waals surface area contributed by atoms with Gasteiger partial charge in [0.2, 0.25) is 0 Å². The fourth-order valence-electron chi connectivity index (χ4n) is 0.778. The number of hydrogen-bond donors (Lipinski definition) is 1. The second-order valence-electron chi connectivity index (χ2n) is 1.85. The van der Waals surface area contributed by atoms with Crippen LogP contribution in [0.1, 0.15) is 12.8 Å². The third-order valence-electron chi connectivity index (χ3n) is 1.16. The molecule has 5 heteroatoms. The Morgan fingerprint density at radius 1 is 1.78 bits per heavy atom. The van der Waals surface area contributed by atoms with Crippen LogP contribution in [-0.2, 0) is 16.0 Å². The second-order valence-corrected chi connectivity index (χ2v) is 2.56. The SMILES string of the molecule is O=S([O-])NC1CCCO1. The van der Waals surface area contributed by atoms with Crippen molar-refractivity contribution in [2.75, 3.05) is 6.61 Å². The van der Waals surface area contributed by atoms with Crippen LogP contribution in [0, 0.1) is 0 Å². The second kappa shape index (κ2) is 3.26. The van der Waals surface area contributed by atoms with Crippen molar-refractivity contribution in [2.45, 2.75) is 19.1 Å². The molecule has 0 aromatic heterocycles. The highest BCUT2D eigenvalue weighted by Crippen LogP contribution is 2.08. The predicted octanol–water partition coefficient (Wildman–Crippen LogP) is -0.493. The summed E-state index contributed by atoms with van der Waals surface area (Å²) in [5.74, 6) is 0. The van der Waals surface area contributed by atoms with Crippen molar-refractivity contribution in [2.24, 2.45) is 0 Å². The summed E-state index contributed by atoms with van der Waals surface area (Å²) in [6.45, 7) is 0.662. The first-order valence-electron chi connectivity index (χ1n) is 2.76. The van der Waals surface area contributed by atoms with E-state index in [1.165, 1.54) is 0 Å². The van der Waals surface area contributed by atoms with Crippen molar-refractivity contribution in [1.82, 2.24) is 4.72 Å². The minimum absolute atomic E-state index is 0.275. The number of ether oxygens (including phenoxy) is 1. The number of rotatable bonds is 2. The van der Waals surface area contributed by atoms with E-state index in [2.05, 4.69) is 4.72 Å². The van der Waals surface area contributed by atoms with Crippen LogP contribution in [0.25, 0.3) is 0 Å². The zero-order valence-corrected chi connectivity index (χ0v) is 5.65. The molecule has 4 nitrogen and oxygen atoms in total. The summed E-state index contributed by atoms with van der Waals surface area (Å²) in [5.41, 5.74) is 0. The third-order valence-corrected chi connectivity index (χ3v) is 1.61. The maximum atomic E-state index is 9.96. The van der Waals surface area contributed by atoms with Gasteiger partial charge < -0.3 is 9.29 Å². The van der Waals surface area contributed by atoms with Gasteiger partial charge in [-0.2, -0.15) is 0 Å². The lowest BCUT2D eigenvalue weighted by Crippen LogP contribution is -2.29. The molecule has 1 heterocycles. The molecule has 0 radical (unpaired) electrons. The zero-order valence-electron chi connectivity index (χ0n) is 4.83. The van der Waals surface area contributed by atoms with Crippen molar-refractivity contribution >= 4 is 11.3 Å². The quantitative estimate of drug-likeness (QED) is 0.540. The molecule has 2 unspecified atom stereocenters. The van der Waals surface area contributed by atoms with E-state index in [9.17, 15) is 8.76 Å². The lowest BCUT2D eigenvalue weighted by Gasteiger charge is -2.12. The molecule has 0 saturated carbocycles.